The molecule has 0 amide bonds. The molecule has 1 aliphatic rings. The number of nitrogens with zero attached hydrogens (tertiary/aromatic N) is 1. The molecule has 1 aliphatic carbocycles. The lowest BCUT2D eigenvalue weighted by atomic mass is 9.96. The number of fused-ring (bicyclic) bond motifs is 2. The summed E-state index contributed by atoms with van der Waals surface area (Å²) in [6, 6.07) is 12.8. The van der Waals surface area contributed by atoms with E-state index in [-0.39, 0.29) is 0 Å². The van der Waals surface area contributed by atoms with E-state index in [1.165, 1.54) is 16.7 Å². The summed E-state index contributed by atoms with van der Waals surface area (Å²) in [5, 5.41) is 0. The van der Waals surface area contributed by atoms with Crippen LogP contribution in [0.4, 0.5) is 0 Å². The van der Waals surface area contributed by atoms with Gasteiger partial charge < -0.3 is 0 Å². The van der Waals surface area contributed by atoms with Gasteiger partial charge in [-0.2, -0.15) is 0 Å². The van der Waals surface area contributed by atoms with Crippen molar-refractivity contribution >= 4 is 12.2 Å². The number of benzene rings is 1. The fourth-order valence-electron chi connectivity index (χ4n) is 2.17. The summed E-state index contributed by atoms with van der Waals surface area (Å²) in [6.07, 6.45) is 8.31. The molecule has 0 saturated carbocycles. The lowest BCUT2D eigenvalue weighted by Gasteiger charge is -2.11. The molecule has 0 unspecified atom stereocenters. The second-order valence-corrected chi connectivity index (χ2v) is 4.08. The SMILES string of the molecule is C1=C\c2ncccc2CCc2ccccc2/1. The molecular formula is C15H13N. The van der Waals surface area contributed by atoms with Crippen LogP contribution in [0, 0.1) is 0 Å². The minimum atomic E-state index is 1.07. The third-order valence-corrected chi connectivity index (χ3v) is 3.07. The molecule has 0 N–H and O–H groups in total. The Balaban J connectivity index is 2.10. The third-order valence-electron chi connectivity index (χ3n) is 3.07. The van der Waals surface area contributed by atoms with Crippen molar-refractivity contribution in [3.8, 4) is 0 Å². The molecule has 1 aromatic carbocycles. The molecule has 0 saturated heterocycles. The number of rotatable bonds is 0. The quantitative estimate of drug-likeness (QED) is 0.645. The molecule has 0 bridgehead atoms. The zero-order chi connectivity index (χ0) is 10.8. The van der Waals surface area contributed by atoms with Crippen LogP contribution in [0.3, 0.4) is 0 Å². The Labute approximate surface area is 95.5 Å². The van der Waals surface area contributed by atoms with E-state index in [9.17, 15) is 0 Å². The molecule has 0 spiro atoms. The van der Waals surface area contributed by atoms with Gasteiger partial charge in [-0.05, 0) is 41.7 Å². The first kappa shape index (κ1) is 9.34. The highest BCUT2D eigenvalue weighted by Crippen LogP contribution is 2.20. The van der Waals surface area contributed by atoms with Gasteiger partial charge in [0, 0.05) is 6.20 Å². The number of pyridine rings is 1. The maximum atomic E-state index is 4.41. The average Bonchev–Trinajstić information content (AvgIpc) is 2.32. The summed E-state index contributed by atoms with van der Waals surface area (Å²) in [5.74, 6) is 0. The predicted molar refractivity (Wildman–Crippen MR) is 67.0 cm³/mol. The highest BCUT2D eigenvalue weighted by molar-refractivity contribution is 5.71. The summed E-state index contributed by atoms with van der Waals surface area (Å²) >= 11 is 0. The van der Waals surface area contributed by atoms with Gasteiger partial charge in [0.2, 0.25) is 0 Å². The molecule has 1 heteroatoms. The molecule has 0 radical (unpaired) electrons. The van der Waals surface area contributed by atoms with Gasteiger partial charge in [0.25, 0.3) is 0 Å². The van der Waals surface area contributed by atoms with Crippen LogP contribution in [0.25, 0.3) is 12.2 Å². The van der Waals surface area contributed by atoms with E-state index in [1.54, 1.807) is 0 Å². The summed E-state index contributed by atoms with van der Waals surface area (Å²) < 4.78 is 0. The van der Waals surface area contributed by atoms with Crippen LogP contribution >= 0.6 is 0 Å². The van der Waals surface area contributed by atoms with Crippen molar-refractivity contribution in [1.29, 1.82) is 0 Å². The minimum Gasteiger partial charge on any atom is -0.257 e. The Bertz CT molecular complexity index is 491. The third kappa shape index (κ3) is 1.65. The highest BCUT2D eigenvalue weighted by atomic mass is 14.7. The molecule has 1 aromatic heterocycles. The van der Waals surface area contributed by atoms with E-state index in [1.807, 2.05) is 12.3 Å². The zero-order valence-corrected chi connectivity index (χ0v) is 9.06. The summed E-state index contributed by atoms with van der Waals surface area (Å²) in [4.78, 5) is 4.41. The van der Waals surface area contributed by atoms with E-state index < -0.39 is 0 Å². The van der Waals surface area contributed by atoms with Gasteiger partial charge in [0.1, 0.15) is 0 Å². The van der Waals surface area contributed by atoms with Crippen LogP contribution in [0.1, 0.15) is 22.4 Å². The van der Waals surface area contributed by atoms with Gasteiger partial charge in [0.05, 0.1) is 5.69 Å². The first-order valence-corrected chi connectivity index (χ1v) is 5.63. The molecule has 16 heavy (non-hydrogen) atoms. The summed E-state index contributed by atoms with van der Waals surface area (Å²) in [6.45, 7) is 0. The summed E-state index contributed by atoms with van der Waals surface area (Å²) in [5.41, 5.74) is 5.19. The zero-order valence-electron chi connectivity index (χ0n) is 9.06. The van der Waals surface area contributed by atoms with Gasteiger partial charge in [-0.15, -0.1) is 0 Å². The maximum Gasteiger partial charge on any atom is 0.0661 e. The Morgan fingerprint density at radius 2 is 1.62 bits per heavy atom. The monoisotopic (exact) mass is 207 g/mol. The molecule has 2 aromatic rings. The molecule has 0 atom stereocenters. The fourth-order valence-corrected chi connectivity index (χ4v) is 2.17. The minimum absolute atomic E-state index is 1.07. The first-order valence-electron chi connectivity index (χ1n) is 5.63. The normalized spacial score (nSPS) is 15.5. The molecule has 3 rings (SSSR count). The topological polar surface area (TPSA) is 12.9 Å². The second-order valence-electron chi connectivity index (χ2n) is 4.08. The van der Waals surface area contributed by atoms with E-state index in [2.05, 4.69) is 47.5 Å². The molecular weight excluding hydrogens is 194 g/mol. The van der Waals surface area contributed by atoms with Crippen LogP contribution in [0.5, 0.6) is 0 Å². The Morgan fingerprint density at radius 1 is 0.812 bits per heavy atom. The molecule has 0 aliphatic heterocycles. The second kappa shape index (κ2) is 3.93. The van der Waals surface area contributed by atoms with Crippen LogP contribution in [-0.4, -0.2) is 4.98 Å². The molecule has 0 fully saturated rings. The molecule has 1 heterocycles. The summed E-state index contributed by atoms with van der Waals surface area (Å²) in [7, 11) is 0. The first-order chi connectivity index (χ1) is 7.93. The Morgan fingerprint density at radius 3 is 2.62 bits per heavy atom. The lowest BCUT2D eigenvalue weighted by Crippen LogP contribution is -1.99. The largest absolute Gasteiger partial charge is 0.257 e. The van der Waals surface area contributed by atoms with Gasteiger partial charge in [-0.1, -0.05) is 36.4 Å². The number of aromatic nitrogens is 1. The van der Waals surface area contributed by atoms with Crippen molar-refractivity contribution in [2.24, 2.45) is 0 Å². The van der Waals surface area contributed by atoms with Crippen molar-refractivity contribution < 1.29 is 0 Å². The fraction of sp³-hybridized carbons (Fsp3) is 0.133. The smallest absolute Gasteiger partial charge is 0.0661 e. The van der Waals surface area contributed by atoms with Crippen LogP contribution < -0.4 is 0 Å². The van der Waals surface area contributed by atoms with Crippen molar-refractivity contribution in [1.82, 2.24) is 4.98 Å². The van der Waals surface area contributed by atoms with E-state index in [4.69, 9.17) is 0 Å². The molecule has 78 valence electrons. The van der Waals surface area contributed by atoms with Gasteiger partial charge >= 0.3 is 0 Å². The lowest BCUT2D eigenvalue weighted by molar-refractivity contribution is 0.940. The number of hydrogen-bond donors (Lipinski definition) is 0. The molecule has 1 nitrogen and oxygen atoms in total. The van der Waals surface area contributed by atoms with Gasteiger partial charge in [-0.3, -0.25) is 4.98 Å². The standard InChI is InChI=1S/C15H13N/c1-2-5-13-9-10-15-14(6-3-11-16-15)8-7-12(13)4-1/h1-6,9-11H,7-8H2/b10-9-. The van der Waals surface area contributed by atoms with Gasteiger partial charge in [0.15, 0.2) is 0 Å². The van der Waals surface area contributed by atoms with E-state index in [0.717, 1.165) is 18.5 Å². The van der Waals surface area contributed by atoms with Crippen molar-refractivity contribution in [3.63, 3.8) is 0 Å². The average molecular weight is 207 g/mol. The Kier molecular flexibility index (Phi) is 2.30. The van der Waals surface area contributed by atoms with Crippen molar-refractivity contribution in [3.05, 3.63) is 65.0 Å². The van der Waals surface area contributed by atoms with Crippen molar-refractivity contribution in [2.75, 3.05) is 0 Å². The number of hydrogen-bond acceptors (Lipinski definition) is 1. The Hall–Kier alpha value is -1.89. The van der Waals surface area contributed by atoms with Crippen molar-refractivity contribution in [2.45, 2.75) is 12.8 Å². The van der Waals surface area contributed by atoms with Crippen LogP contribution in [-0.2, 0) is 12.8 Å². The van der Waals surface area contributed by atoms with Gasteiger partial charge in [-0.25, -0.2) is 0 Å². The maximum absolute atomic E-state index is 4.41. The number of aryl methyl sites for hydroxylation is 2. The van der Waals surface area contributed by atoms with E-state index >= 15 is 0 Å². The van der Waals surface area contributed by atoms with Crippen LogP contribution in [0.2, 0.25) is 0 Å². The van der Waals surface area contributed by atoms with E-state index in [0.29, 0.717) is 0 Å². The highest BCUT2D eigenvalue weighted by Gasteiger charge is 2.06. The van der Waals surface area contributed by atoms with Crippen LogP contribution in [0.15, 0.2) is 42.6 Å². The predicted octanol–water partition coefficient (Wildman–Crippen LogP) is 3.35.